The zero-order chi connectivity index (χ0) is 42.6. The molecule has 14 rings (SSSR count). The van der Waals surface area contributed by atoms with E-state index in [2.05, 4.69) is 203 Å². The number of aromatic nitrogens is 5. The number of rotatable bonds is 5. The van der Waals surface area contributed by atoms with Crippen LogP contribution in [0, 0.1) is 0 Å². The molecule has 0 fully saturated rings. The number of hydrogen-bond donors (Lipinski definition) is 0. The monoisotopic (exact) mass is 829 g/mol. The molecule has 0 radical (unpaired) electrons. The quantitative estimate of drug-likeness (QED) is 0.173. The van der Waals surface area contributed by atoms with E-state index in [0.29, 0.717) is 17.5 Å². The largest absolute Gasteiger partial charge is 0.456 e. The molecule has 0 N–H and O–H groups in total. The third-order valence-electron chi connectivity index (χ3n) is 13.1. The number of para-hydroxylation sites is 4. The van der Waals surface area contributed by atoms with Crippen LogP contribution in [0.1, 0.15) is 0 Å². The van der Waals surface area contributed by atoms with Gasteiger partial charge in [-0.25, -0.2) is 15.0 Å². The van der Waals surface area contributed by atoms with Crippen molar-refractivity contribution in [1.82, 2.24) is 24.1 Å². The van der Waals surface area contributed by atoms with Crippen molar-refractivity contribution >= 4 is 87.1 Å². The van der Waals surface area contributed by atoms with E-state index in [9.17, 15) is 0 Å². The van der Waals surface area contributed by atoms with Crippen LogP contribution in [-0.2, 0) is 0 Å². The minimum absolute atomic E-state index is 0.549. The van der Waals surface area contributed by atoms with E-state index in [1.807, 2.05) is 18.2 Å². The van der Waals surface area contributed by atoms with E-state index in [4.69, 9.17) is 19.4 Å². The summed E-state index contributed by atoms with van der Waals surface area (Å²) in [6.45, 7) is 0. The molecule has 0 atom stereocenters. The topological polar surface area (TPSA) is 61.7 Å². The molecule has 6 heteroatoms. The number of nitrogens with zero attached hydrogens (tertiary/aromatic N) is 5. The maximum Gasteiger partial charge on any atom is 0.166 e. The molecule has 0 aliphatic carbocycles. The summed E-state index contributed by atoms with van der Waals surface area (Å²) >= 11 is 0. The Morgan fingerprint density at radius 1 is 0.338 bits per heavy atom. The first-order chi connectivity index (χ1) is 32.2. The summed E-state index contributed by atoms with van der Waals surface area (Å²) in [6, 6.07) is 75.0. The molecule has 0 saturated carbocycles. The average molecular weight is 830 g/mol. The summed E-state index contributed by atoms with van der Waals surface area (Å²) in [4.78, 5) is 16.1. The molecular weight excluding hydrogens is 795 g/mol. The molecule has 4 aromatic heterocycles. The summed E-state index contributed by atoms with van der Waals surface area (Å²) in [6.07, 6.45) is 0. The van der Waals surface area contributed by atoms with Crippen LogP contribution in [0.15, 0.2) is 217 Å². The zero-order valence-corrected chi connectivity index (χ0v) is 34.9. The summed E-state index contributed by atoms with van der Waals surface area (Å²) in [5.41, 5.74) is 10.6. The van der Waals surface area contributed by atoms with Gasteiger partial charge in [-0.15, -0.1) is 0 Å². The van der Waals surface area contributed by atoms with Crippen molar-refractivity contribution in [2.24, 2.45) is 0 Å². The fourth-order valence-corrected chi connectivity index (χ4v) is 10.2. The highest BCUT2D eigenvalue weighted by molar-refractivity contribution is 6.19. The molecule has 0 unspecified atom stereocenters. The Labute approximate surface area is 371 Å². The number of fused-ring (bicyclic) bond motifs is 11. The van der Waals surface area contributed by atoms with Crippen molar-refractivity contribution in [3.8, 4) is 45.5 Å². The highest BCUT2D eigenvalue weighted by Crippen LogP contribution is 2.44. The predicted molar refractivity (Wildman–Crippen MR) is 267 cm³/mol. The van der Waals surface area contributed by atoms with Gasteiger partial charge >= 0.3 is 0 Å². The van der Waals surface area contributed by atoms with Gasteiger partial charge in [0.1, 0.15) is 11.2 Å². The van der Waals surface area contributed by atoms with Crippen LogP contribution in [-0.4, -0.2) is 24.1 Å². The number of furan rings is 1. The number of benzene rings is 10. The summed E-state index contributed by atoms with van der Waals surface area (Å²) in [5.74, 6) is 1.72. The van der Waals surface area contributed by atoms with Crippen molar-refractivity contribution in [1.29, 1.82) is 0 Å². The van der Waals surface area contributed by atoms with Crippen molar-refractivity contribution < 1.29 is 4.42 Å². The molecule has 302 valence electrons. The van der Waals surface area contributed by atoms with E-state index in [-0.39, 0.29) is 0 Å². The van der Waals surface area contributed by atoms with Gasteiger partial charge in [-0.1, -0.05) is 146 Å². The lowest BCUT2D eigenvalue weighted by Gasteiger charge is -2.14. The SMILES string of the molecule is c1ccc(-c2nc(-c3cc(-n4c5ccccc5c5cc6ccccc6cc54)c4c(c3)oc3cc5ccccc5cc34)nc(-c3cccc4c5ccccc5n(-c5ccccc5)c34)n2)cc1. The van der Waals surface area contributed by atoms with E-state index in [0.717, 1.165) is 93.6 Å². The molecule has 6 nitrogen and oxygen atoms in total. The van der Waals surface area contributed by atoms with E-state index >= 15 is 0 Å². The second kappa shape index (κ2) is 13.8. The molecule has 0 spiro atoms. The lowest BCUT2D eigenvalue weighted by molar-refractivity contribution is 0.669. The minimum Gasteiger partial charge on any atom is -0.456 e. The van der Waals surface area contributed by atoms with E-state index in [1.165, 1.54) is 21.5 Å². The molecule has 14 aromatic rings. The van der Waals surface area contributed by atoms with Crippen molar-refractivity contribution in [3.63, 3.8) is 0 Å². The normalized spacial score (nSPS) is 12.0. The van der Waals surface area contributed by atoms with Crippen LogP contribution >= 0.6 is 0 Å². The Morgan fingerprint density at radius 2 is 0.892 bits per heavy atom. The molecule has 0 saturated heterocycles. The second-order valence-electron chi connectivity index (χ2n) is 16.8. The zero-order valence-electron chi connectivity index (χ0n) is 34.9. The Morgan fingerprint density at radius 3 is 1.63 bits per heavy atom. The maximum atomic E-state index is 6.95. The summed E-state index contributed by atoms with van der Waals surface area (Å²) < 4.78 is 11.7. The van der Waals surface area contributed by atoms with E-state index in [1.54, 1.807) is 0 Å². The van der Waals surface area contributed by atoms with Gasteiger partial charge in [0, 0.05) is 49.3 Å². The van der Waals surface area contributed by atoms with Crippen LogP contribution in [0.2, 0.25) is 0 Å². The van der Waals surface area contributed by atoms with Gasteiger partial charge in [0.15, 0.2) is 17.5 Å². The smallest absolute Gasteiger partial charge is 0.166 e. The van der Waals surface area contributed by atoms with Crippen molar-refractivity contribution in [3.05, 3.63) is 212 Å². The Kier molecular flexibility index (Phi) is 7.59. The van der Waals surface area contributed by atoms with Gasteiger partial charge in [0.2, 0.25) is 0 Å². The minimum atomic E-state index is 0.549. The van der Waals surface area contributed by atoms with Gasteiger partial charge in [-0.05, 0) is 88.3 Å². The molecule has 0 bridgehead atoms. The Bertz CT molecular complexity index is 4240. The molecule has 4 heterocycles. The van der Waals surface area contributed by atoms with Gasteiger partial charge in [-0.2, -0.15) is 0 Å². The molecule has 0 amide bonds. The molecule has 65 heavy (non-hydrogen) atoms. The third-order valence-corrected chi connectivity index (χ3v) is 13.1. The van der Waals surface area contributed by atoms with Crippen molar-refractivity contribution in [2.75, 3.05) is 0 Å². The maximum absolute atomic E-state index is 6.95. The first-order valence-electron chi connectivity index (χ1n) is 21.9. The molecular formula is C59H35N5O. The molecule has 0 aliphatic heterocycles. The van der Waals surface area contributed by atoms with Crippen LogP contribution in [0.25, 0.3) is 133 Å². The fourth-order valence-electron chi connectivity index (χ4n) is 10.2. The first-order valence-corrected chi connectivity index (χ1v) is 21.9. The molecule has 0 aliphatic rings. The first kappa shape index (κ1) is 35.7. The van der Waals surface area contributed by atoms with Crippen molar-refractivity contribution in [2.45, 2.75) is 0 Å². The Balaban J connectivity index is 1.10. The lowest BCUT2D eigenvalue weighted by Crippen LogP contribution is -2.03. The van der Waals surface area contributed by atoms with Gasteiger partial charge in [0.05, 0.1) is 33.1 Å². The van der Waals surface area contributed by atoms with E-state index < -0.39 is 0 Å². The lowest BCUT2D eigenvalue weighted by atomic mass is 10.0. The van der Waals surface area contributed by atoms with Gasteiger partial charge < -0.3 is 13.6 Å². The fraction of sp³-hybridized carbons (Fsp3) is 0. The standard InChI is InChI=1S/C59H35N5O/c1-3-16-36(17-4-1)57-60-58(62-59(61-57)46-27-15-26-45-43-24-11-13-28-49(43)63(56(45)46)42-22-5-2-6-23-42)41-33-52(55-48-31-38-19-8-10-21-40(38)34-53(48)65-54(55)35-41)64-50-29-14-12-25-44(50)47-30-37-18-7-9-20-39(37)32-51(47)64/h1-35H. The van der Waals surface area contributed by atoms with Crippen LogP contribution < -0.4 is 0 Å². The third kappa shape index (κ3) is 5.44. The molecule has 10 aromatic carbocycles. The van der Waals surface area contributed by atoms with Gasteiger partial charge in [0.25, 0.3) is 0 Å². The van der Waals surface area contributed by atoms with Gasteiger partial charge in [-0.3, -0.25) is 0 Å². The van der Waals surface area contributed by atoms with Crippen LogP contribution in [0.5, 0.6) is 0 Å². The predicted octanol–water partition coefficient (Wildman–Crippen LogP) is 15.3. The Hall–Kier alpha value is -8.87. The van der Waals surface area contributed by atoms with Crippen LogP contribution in [0.3, 0.4) is 0 Å². The summed E-state index contributed by atoms with van der Waals surface area (Å²) in [7, 11) is 0. The number of hydrogen-bond acceptors (Lipinski definition) is 4. The van der Waals surface area contributed by atoms with Crippen LogP contribution in [0.4, 0.5) is 0 Å². The highest BCUT2D eigenvalue weighted by atomic mass is 16.3. The average Bonchev–Trinajstić information content (AvgIpc) is 4.02. The second-order valence-corrected chi connectivity index (χ2v) is 16.8. The highest BCUT2D eigenvalue weighted by Gasteiger charge is 2.24. The summed E-state index contributed by atoms with van der Waals surface area (Å²) in [5, 5.41) is 11.4.